The average molecular weight is 344 g/mol. The molecule has 1 aromatic carbocycles. The number of hydrogen-bond acceptors (Lipinski definition) is 4. The number of halogens is 2. The van der Waals surface area contributed by atoms with Gasteiger partial charge >= 0.3 is 0 Å². The number of nitro benzene ring substituents is 1. The fourth-order valence-electron chi connectivity index (χ4n) is 1.39. The van der Waals surface area contributed by atoms with E-state index in [2.05, 4.69) is 20.9 Å². The molecular formula is C12H8BrClN2O3. The fraction of sp³-hybridized carbons (Fsp3) is 0.0833. The molecule has 0 atom stereocenters. The Balaban J connectivity index is 2.37. The third kappa shape index (κ3) is 3.21. The summed E-state index contributed by atoms with van der Waals surface area (Å²) < 4.78 is 6.14. The molecule has 0 fully saturated rings. The number of nitro groups is 1. The quantitative estimate of drug-likeness (QED) is 0.607. The summed E-state index contributed by atoms with van der Waals surface area (Å²) in [5, 5.41) is 11.2. The van der Waals surface area contributed by atoms with Gasteiger partial charge in [0.25, 0.3) is 5.69 Å². The van der Waals surface area contributed by atoms with E-state index in [1.165, 1.54) is 18.3 Å². The number of nitrogens with zero attached hydrogens (tertiary/aromatic N) is 2. The lowest BCUT2D eigenvalue weighted by molar-refractivity contribution is -0.384. The lowest BCUT2D eigenvalue weighted by atomic mass is 10.2. The van der Waals surface area contributed by atoms with Gasteiger partial charge in [-0.15, -0.1) is 0 Å². The van der Waals surface area contributed by atoms with Crippen molar-refractivity contribution in [1.29, 1.82) is 0 Å². The number of aromatic nitrogens is 1. The van der Waals surface area contributed by atoms with Crippen LogP contribution in [-0.4, -0.2) is 9.91 Å². The van der Waals surface area contributed by atoms with Crippen LogP contribution >= 0.6 is 27.5 Å². The topological polar surface area (TPSA) is 65.3 Å². The molecule has 98 valence electrons. The van der Waals surface area contributed by atoms with Crippen LogP contribution in [0.5, 0.6) is 11.6 Å². The van der Waals surface area contributed by atoms with E-state index in [4.69, 9.17) is 16.3 Å². The number of benzene rings is 1. The van der Waals surface area contributed by atoms with Gasteiger partial charge in [0.15, 0.2) is 0 Å². The summed E-state index contributed by atoms with van der Waals surface area (Å²) in [5.74, 6) is 0.678. The zero-order valence-electron chi connectivity index (χ0n) is 9.76. The number of non-ortho nitro benzene ring substituents is 1. The summed E-state index contributed by atoms with van der Waals surface area (Å²) in [4.78, 5) is 14.3. The van der Waals surface area contributed by atoms with Crippen molar-refractivity contribution >= 4 is 33.2 Å². The highest BCUT2D eigenvalue weighted by Crippen LogP contribution is 2.32. The van der Waals surface area contributed by atoms with Crippen molar-refractivity contribution in [3.63, 3.8) is 0 Å². The zero-order chi connectivity index (χ0) is 14.0. The second kappa shape index (κ2) is 5.54. The number of hydrogen-bond donors (Lipinski definition) is 0. The molecule has 0 aliphatic heterocycles. The van der Waals surface area contributed by atoms with Gasteiger partial charge in [-0.1, -0.05) is 11.6 Å². The van der Waals surface area contributed by atoms with Crippen molar-refractivity contribution in [2.45, 2.75) is 6.92 Å². The fourth-order valence-corrected chi connectivity index (χ4v) is 2.11. The lowest BCUT2D eigenvalue weighted by Gasteiger charge is -2.09. The Hall–Kier alpha value is -1.66. The van der Waals surface area contributed by atoms with Crippen molar-refractivity contribution in [1.82, 2.24) is 4.98 Å². The van der Waals surface area contributed by atoms with Crippen molar-refractivity contribution in [3.8, 4) is 11.6 Å². The van der Waals surface area contributed by atoms with Crippen LogP contribution in [0.1, 0.15) is 5.56 Å². The Morgan fingerprint density at radius 2 is 2.16 bits per heavy atom. The Bertz CT molecular complexity index is 649. The van der Waals surface area contributed by atoms with E-state index in [0.29, 0.717) is 21.1 Å². The van der Waals surface area contributed by atoms with Gasteiger partial charge < -0.3 is 4.74 Å². The van der Waals surface area contributed by atoms with Crippen molar-refractivity contribution in [2.75, 3.05) is 0 Å². The summed E-state index contributed by atoms with van der Waals surface area (Å²) >= 11 is 9.05. The molecule has 0 saturated carbocycles. The number of rotatable bonds is 3. The third-order valence-electron chi connectivity index (χ3n) is 2.36. The largest absolute Gasteiger partial charge is 0.437 e. The maximum Gasteiger partial charge on any atom is 0.273 e. The Morgan fingerprint density at radius 3 is 2.79 bits per heavy atom. The summed E-state index contributed by atoms with van der Waals surface area (Å²) in [6.45, 7) is 1.79. The average Bonchev–Trinajstić information content (AvgIpc) is 2.34. The summed E-state index contributed by atoms with van der Waals surface area (Å²) in [7, 11) is 0. The van der Waals surface area contributed by atoms with Gasteiger partial charge in [0.2, 0.25) is 5.88 Å². The van der Waals surface area contributed by atoms with Crippen LogP contribution in [0.4, 0.5) is 5.69 Å². The van der Waals surface area contributed by atoms with Gasteiger partial charge in [-0.2, -0.15) is 0 Å². The summed E-state index contributed by atoms with van der Waals surface area (Å²) in [6.07, 6.45) is 1.44. The molecule has 0 aliphatic rings. The number of ether oxygens (including phenoxy) is 1. The number of aryl methyl sites for hydroxylation is 1. The van der Waals surface area contributed by atoms with Crippen LogP contribution in [0, 0.1) is 17.0 Å². The molecule has 2 rings (SSSR count). The second-order valence-electron chi connectivity index (χ2n) is 3.75. The molecule has 0 bridgehead atoms. The van der Waals surface area contributed by atoms with Crippen LogP contribution in [0.25, 0.3) is 0 Å². The summed E-state index contributed by atoms with van der Waals surface area (Å²) in [6, 6.07) is 6.04. The Morgan fingerprint density at radius 1 is 1.42 bits per heavy atom. The molecule has 7 heteroatoms. The highest BCUT2D eigenvalue weighted by molar-refractivity contribution is 9.10. The van der Waals surface area contributed by atoms with Gasteiger partial charge in [0.05, 0.1) is 20.5 Å². The van der Waals surface area contributed by atoms with E-state index in [9.17, 15) is 10.1 Å². The molecule has 0 aliphatic carbocycles. The van der Waals surface area contributed by atoms with Crippen LogP contribution < -0.4 is 4.74 Å². The SMILES string of the molecule is Cc1ccc([N+](=O)[O-])cc1Oc1ncc(Cl)cc1Br. The Kier molecular flexibility index (Phi) is 4.01. The first-order valence-electron chi connectivity index (χ1n) is 5.21. The maximum absolute atomic E-state index is 10.7. The van der Waals surface area contributed by atoms with E-state index < -0.39 is 4.92 Å². The minimum atomic E-state index is -0.476. The molecule has 0 saturated heterocycles. The molecule has 0 radical (unpaired) electrons. The Labute approximate surface area is 122 Å². The van der Waals surface area contributed by atoms with E-state index in [0.717, 1.165) is 5.56 Å². The summed E-state index contributed by atoms with van der Waals surface area (Å²) in [5.41, 5.74) is 0.736. The standard InChI is InChI=1S/C12H8BrClN2O3/c1-7-2-3-9(16(17)18)5-11(7)19-12-10(13)4-8(14)6-15-12/h2-6H,1H3. The highest BCUT2D eigenvalue weighted by Gasteiger charge is 2.12. The van der Waals surface area contributed by atoms with Crippen molar-refractivity contribution < 1.29 is 9.66 Å². The highest BCUT2D eigenvalue weighted by atomic mass is 79.9. The zero-order valence-corrected chi connectivity index (χ0v) is 12.1. The molecule has 5 nitrogen and oxygen atoms in total. The van der Waals surface area contributed by atoms with E-state index in [-0.39, 0.29) is 5.69 Å². The smallest absolute Gasteiger partial charge is 0.273 e. The van der Waals surface area contributed by atoms with Crippen LogP contribution in [0.2, 0.25) is 5.02 Å². The number of pyridine rings is 1. The molecule has 2 aromatic rings. The molecule has 0 amide bonds. The predicted molar refractivity (Wildman–Crippen MR) is 74.9 cm³/mol. The maximum atomic E-state index is 10.7. The van der Waals surface area contributed by atoms with E-state index in [1.54, 1.807) is 19.1 Å². The van der Waals surface area contributed by atoms with E-state index >= 15 is 0 Å². The first kappa shape index (κ1) is 13.8. The van der Waals surface area contributed by atoms with Crippen molar-refractivity contribution in [2.24, 2.45) is 0 Å². The van der Waals surface area contributed by atoms with Gasteiger partial charge in [0.1, 0.15) is 5.75 Å². The van der Waals surface area contributed by atoms with Crippen LogP contribution in [0.15, 0.2) is 34.9 Å². The molecule has 1 aromatic heterocycles. The molecule has 0 unspecified atom stereocenters. The van der Waals surface area contributed by atoms with Gasteiger partial charge in [-0.25, -0.2) is 4.98 Å². The lowest BCUT2D eigenvalue weighted by Crippen LogP contribution is -1.94. The first-order chi connectivity index (χ1) is 8.97. The van der Waals surface area contributed by atoms with Crippen molar-refractivity contribution in [3.05, 3.63) is 55.6 Å². The molecule has 0 spiro atoms. The molecule has 19 heavy (non-hydrogen) atoms. The minimum Gasteiger partial charge on any atom is -0.437 e. The van der Waals surface area contributed by atoms with Crippen LogP contribution in [-0.2, 0) is 0 Å². The normalized spacial score (nSPS) is 10.3. The van der Waals surface area contributed by atoms with Crippen LogP contribution in [0.3, 0.4) is 0 Å². The van der Waals surface area contributed by atoms with Gasteiger partial charge in [-0.05, 0) is 40.5 Å². The van der Waals surface area contributed by atoms with E-state index in [1.807, 2.05) is 0 Å². The third-order valence-corrected chi connectivity index (χ3v) is 3.14. The first-order valence-corrected chi connectivity index (χ1v) is 6.38. The monoisotopic (exact) mass is 342 g/mol. The molecule has 0 N–H and O–H groups in total. The minimum absolute atomic E-state index is 0.0364. The van der Waals surface area contributed by atoms with Gasteiger partial charge in [-0.3, -0.25) is 10.1 Å². The molecular weight excluding hydrogens is 336 g/mol. The van der Waals surface area contributed by atoms with Gasteiger partial charge in [0, 0.05) is 12.3 Å². The predicted octanol–water partition coefficient (Wildman–Crippen LogP) is 4.51. The molecule has 1 heterocycles. The second-order valence-corrected chi connectivity index (χ2v) is 5.04.